The first-order chi connectivity index (χ1) is 11.6. The van der Waals surface area contributed by atoms with E-state index in [1.807, 2.05) is 0 Å². The lowest BCUT2D eigenvalue weighted by Gasteiger charge is -2.63. The van der Waals surface area contributed by atoms with Gasteiger partial charge in [0.15, 0.2) is 0 Å². The predicted molar refractivity (Wildman–Crippen MR) is 98.6 cm³/mol. The van der Waals surface area contributed by atoms with Crippen molar-refractivity contribution in [2.24, 2.45) is 46.3 Å². The highest BCUT2D eigenvalue weighted by Crippen LogP contribution is 2.71. The molecule has 136 valence electrons. The van der Waals surface area contributed by atoms with Crippen LogP contribution in [0.4, 0.5) is 0 Å². The first-order valence-electron chi connectivity index (χ1n) is 11.3. The Labute approximate surface area is 149 Å². The first kappa shape index (κ1) is 16.2. The van der Waals surface area contributed by atoms with Crippen LogP contribution < -0.4 is 0 Å². The van der Waals surface area contributed by atoms with Crippen LogP contribution in [-0.2, 0) is 0 Å². The molecule has 0 heterocycles. The van der Waals surface area contributed by atoms with E-state index in [1.165, 1.54) is 64.2 Å². The van der Waals surface area contributed by atoms with Gasteiger partial charge in [-0.2, -0.15) is 0 Å². The van der Waals surface area contributed by atoms with Crippen LogP contribution in [0.1, 0.15) is 90.9 Å². The van der Waals surface area contributed by atoms with E-state index in [0.717, 1.165) is 48.3 Å². The normalized spacial score (nSPS) is 59.4. The third-order valence-electron chi connectivity index (χ3n) is 10.5. The van der Waals surface area contributed by atoms with Crippen LogP contribution in [0.5, 0.6) is 0 Å². The van der Waals surface area contributed by atoms with Gasteiger partial charge >= 0.3 is 0 Å². The van der Waals surface area contributed by atoms with Gasteiger partial charge in [0.05, 0.1) is 6.10 Å². The van der Waals surface area contributed by atoms with Crippen molar-refractivity contribution in [2.75, 3.05) is 0 Å². The van der Waals surface area contributed by atoms with Crippen molar-refractivity contribution in [1.82, 2.24) is 0 Å². The Morgan fingerprint density at radius 3 is 2.46 bits per heavy atom. The van der Waals surface area contributed by atoms with Gasteiger partial charge in [-0.15, -0.1) is 0 Å². The van der Waals surface area contributed by atoms with Crippen LogP contribution in [0, 0.1) is 46.3 Å². The molecule has 1 N–H and O–H groups in total. The maximum absolute atomic E-state index is 10.4. The molecule has 0 aromatic rings. The maximum Gasteiger partial charge on any atom is 0.0546 e. The fourth-order valence-electron chi connectivity index (χ4n) is 9.68. The van der Waals surface area contributed by atoms with Crippen LogP contribution in [-0.4, -0.2) is 11.2 Å². The van der Waals surface area contributed by atoms with Gasteiger partial charge in [0, 0.05) is 0 Å². The van der Waals surface area contributed by atoms with E-state index in [4.69, 9.17) is 0 Å². The van der Waals surface area contributed by atoms with Gasteiger partial charge in [0.1, 0.15) is 0 Å². The molecule has 1 heteroatoms. The molecule has 5 aliphatic carbocycles. The first-order valence-corrected chi connectivity index (χ1v) is 11.3. The van der Waals surface area contributed by atoms with E-state index in [0.29, 0.717) is 10.8 Å². The molecule has 24 heavy (non-hydrogen) atoms. The van der Waals surface area contributed by atoms with Crippen LogP contribution in [0.3, 0.4) is 0 Å². The molecule has 1 spiro atoms. The summed E-state index contributed by atoms with van der Waals surface area (Å²) in [5.74, 6) is 5.82. The zero-order valence-electron chi connectivity index (χ0n) is 16.0. The quantitative estimate of drug-likeness (QED) is 0.643. The van der Waals surface area contributed by atoms with Crippen molar-refractivity contribution in [2.45, 2.75) is 97.0 Å². The highest BCUT2D eigenvalue weighted by Gasteiger charge is 2.64. The molecular formula is C23H38O. The molecule has 0 bridgehead atoms. The molecule has 5 saturated carbocycles. The smallest absolute Gasteiger partial charge is 0.0546 e. The maximum atomic E-state index is 10.4. The Balaban J connectivity index is 1.49. The molecule has 0 radical (unpaired) electrons. The highest BCUT2D eigenvalue weighted by molar-refractivity contribution is 5.13. The predicted octanol–water partition coefficient (Wildman–Crippen LogP) is 5.81. The lowest BCUT2D eigenvalue weighted by Crippen LogP contribution is -2.56. The van der Waals surface area contributed by atoms with E-state index in [-0.39, 0.29) is 6.10 Å². The summed E-state index contributed by atoms with van der Waals surface area (Å²) in [6, 6.07) is 0. The molecule has 5 aliphatic rings. The van der Waals surface area contributed by atoms with Crippen LogP contribution in [0.15, 0.2) is 0 Å². The Hall–Kier alpha value is -0.0400. The molecular weight excluding hydrogens is 292 g/mol. The van der Waals surface area contributed by atoms with Crippen LogP contribution in [0.25, 0.3) is 0 Å². The van der Waals surface area contributed by atoms with Crippen LogP contribution >= 0.6 is 0 Å². The number of hydrogen-bond acceptors (Lipinski definition) is 1. The monoisotopic (exact) mass is 330 g/mol. The molecule has 0 saturated heterocycles. The zero-order valence-corrected chi connectivity index (χ0v) is 16.0. The minimum atomic E-state index is 0.0209. The Morgan fingerprint density at radius 2 is 1.67 bits per heavy atom. The van der Waals surface area contributed by atoms with E-state index < -0.39 is 0 Å². The topological polar surface area (TPSA) is 20.2 Å². The number of hydrogen-bond donors (Lipinski definition) is 1. The summed E-state index contributed by atoms with van der Waals surface area (Å²) < 4.78 is 0. The van der Waals surface area contributed by atoms with Gasteiger partial charge in [-0.3, -0.25) is 0 Å². The molecule has 1 nitrogen and oxygen atoms in total. The minimum absolute atomic E-state index is 0.0209. The molecule has 0 aliphatic heterocycles. The van der Waals surface area contributed by atoms with E-state index >= 15 is 0 Å². The van der Waals surface area contributed by atoms with E-state index in [1.54, 1.807) is 0 Å². The standard InChI is InChI=1S/C23H38O/c1-3-15-7-9-20-19-8-6-17-14-18(24)13-16-5-4-11-23(16,17)21(19)10-12-22(15,20)2/h15-21,24H,3-14H2,1-2H3/t15?,16?,17?,18?,19?,20?,21?,22-,23+/m1/s1. The van der Waals surface area contributed by atoms with Crippen molar-refractivity contribution >= 4 is 0 Å². The van der Waals surface area contributed by atoms with Crippen LogP contribution in [0.2, 0.25) is 0 Å². The Morgan fingerprint density at radius 1 is 0.875 bits per heavy atom. The number of rotatable bonds is 1. The molecule has 5 rings (SSSR count). The summed E-state index contributed by atoms with van der Waals surface area (Å²) in [5, 5.41) is 10.4. The summed E-state index contributed by atoms with van der Waals surface area (Å²) in [5.41, 5.74) is 1.33. The average molecular weight is 331 g/mol. The average Bonchev–Trinajstić information content (AvgIpc) is 3.13. The van der Waals surface area contributed by atoms with Gasteiger partial charge < -0.3 is 5.11 Å². The van der Waals surface area contributed by atoms with Gasteiger partial charge in [0.2, 0.25) is 0 Å². The molecule has 9 atom stereocenters. The fraction of sp³-hybridized carbons (Fsp3) is 1.00. The summed E-state index contributed by atoms with van der Waals surface area (Å²) in [4.78, 5) is 0. The number of aliphatic hydroxyl groups excluding tert-OH is 1. The number of aliphatic hydroxyl groups is 1. The summed E-state index contributed by atoms with van der Waals surface area (Å²) >= 11 is 0. The van der Waals surface area contributed by atoms with Crippen molar-refractivity contribution in [3.05, 3.63) is 0 Å². The number of fused-ring (bicyclic) bond motifs is 3. The highest BCUT2D eigenvalue weighted by atomic mass is 16.3. The van der Waals surface area contributed by atoms with E-state index in [9.17, 15) is 5.11 Å². The Kier molecular flexibility index (Phi) is 3.69. The van der Waals surface area contributed by atoms with Gasteiger partial charge in [-0.25, -0.2) is 0 Å². The SMILES string of the molecule is CCC1CCC2C3CCC4CC(O)CC5CCC[C@]54C3CC[C@]12C. The van der Waals surface area contributed by atoms with Crippen molar-refractivity contribution < 1.29 is 5.11 Å². The summed E-state index contributed by atoms with van der Waals surface area (Å²) in [6.45, 7) is 5.12. The molecule has 0 aromatic carbocycles. The Bertz CT molecular complexity index is 500. The molecule has 7 unspecified atom stereocenters. The lowest BCUT2D eigenvalue weighted by atomic mass is 9.42. The van der Waals surface area contributed by atoms with Gasteiger partial charge in [-0.1, -0.05) is 26.7 Å². The molecule has 5 fully saturated rings. The third-order valence-corrected chi connectivity index (χ3v) is 10.5. The minimum Gasteiger partial charge on any atom is -0.393 e. The summed E-state index contributed by atoms with van der Waals surface area (Å²) in [7, 11) is 0. The van der Waals surface area contributed by atoms with Gasteiger partial charge in [-0.05, 0) is 111 Å². The summed E-state index contributed by atoms with van der Waals surface area (Å²) in [6.07, 6.45) is 17.1. The largest absolute Gasteiger partial charge is 0.393 e. The fourth-order valence-corrected chi connectivity index (χ4v) is 9.68. The van der Waals surface area contributed by atoms with Crippen molar-refractivity contribution in [3.8, 4) is 0 Å². The third kappa shape index (κ3) is 1.92. The molecule has 0 aromatic heterocycles. The second-order valence-electron chi connectivity index (χ2n) is 10.7. The van der Waals surface area contributed by atoms with Gasteiger partial charge in [0.25, 0.3) is 0 Å². The molecule has 0 amide bonds. The van der Waals surface area contributed by atoms with E-state index in [2.05, 4.69) is 13.8 Å². The second kappa shape index (κ2) is 5.48. The van der Waals surface area contributed by atoms with Crippen molar-refractivity contribution in [3.63, 3.8) is 0 Å². The second-order valence-corrected chi connectivity index (χ2v) is 10.7. The zero-order chi connectivity index (χ0) is 16.5. The lowest BCUT2D eigenvalue weighted by molar-refractivity contribution is -0.153. The van der Waals surface area contributed by atoms with Crippen molar-refractivity contribution in [1.29, 1.82) is 0 Å².